The van der Waals surface area contributed by atoms with Crippen molar-refractivity contribution < 1.29 is 9.21 Å². The highest BCUT2D eigenvalue weighted by Crippen LogP contribution is 2.25. The topological polar surface area (TPSA) is 58.4 Å². The van der Waals surface area contributed by atoms with Crippen LogP contribution in [-0.4, -0.2) is 24.0 Å². The van der Waals surface area contributed by atoms with Crippen LogP contribution in [0.15, 0.2) is 71.5 Å². The standard InChI is InChI=1S/C22H23N3O2/c26-22(20-7-4-14-27-20)24-19-8-9-21(23-16-19)25-12-10-18(11-13-25)15-17-5-2-1-3-6-17/h1-9,14,16,18H,10-13,15H2,(H,24,26). The lowest BCUT2D eigenvalue weighted by Gasteiger charge is -2.33. The van der Waals surface area contributed by atoms with E-state index in [9.17, 15) is 4.79 Å². The molecule has 5 nitrogen and oxygen atoms in total. The molecule has 0 radical (unpaired) electrons. The van der Waals surface area contributed by atoms with Gasteiger partial charge in [-0.05, 0) is 55.0 Å². The summed E-state index contributed by atoms with van der Waals surface area (Å²) in [5, 5.41) is 2.80. The molecule has 2 aromatic heterocycles. The summed E-state index contributed by atoms with van der Waals surface area (Å²) in [5.41, 5.74) is 2.09. The summed E-state index contributed by atoms with van der Waals surface area (Å²) in [6, 6.07) is 17.9. The molecule has 1 aliphatic heterocycles. The van der Waals surface area contributed by atoms with Crippen LogP contribution in [0, 0.1) is 5.92 Å². The summed E-state index contributed by atoms with van der Waals surface area (Å²) in [6.45, 7) is 2.03. The molecule has 0 bridgehead atoms. The second-order valence-corrected chi connectivity index (χ2v) is 6.96. The van der Waals surface area contributed by atoms with E-state index in [0.29, 0.717) is 11.4 Å². The van der Waals surface area contributed by atoms with Gasteiger partial charge in [0, 0.05) is 13.1 Å². The minimum Gasteiger partial charge on any atom is -0.459 e. The molecule has 27 heavy (non-hydrogen) atoms. The molecule has 0 atom stereocenters. The fourth-order valence-electron chi connectivity index (χ4n) is 3.56. The van der Waals surface area contributed by atoms with Gasteiger partial charge in [-0.15, -0.1) is 0 Å². The molecule has 1 saturated heterocycles. The number of carbonyl (C=O) groups is 1. The molecule has 1 N–H and O–H groups in total. The van der Waals surface area contributed by atoms with Crippen molar-refractivity contribution in [3.05, 3.63) is 78.4 Å². The molecule has 0 spiro atoms. The van der Waals surface area contributed by atoms with E-state index >= 15 is 0 Å². The van der Waals surface area contributed by atoms with Crippen molar-refractivity contribution in [2.75, 3.05) is 23.3 Å². The van der Waals surface area contributed by atoms with Gasteiger partial charge in [0.25, 0.3) is 5.91 Å². The fourth-order valence-corrected chi connectivity index (χ4v) is 3.56. The molecular formula is C22H23N3O2. The summed E-state index contributed by atoms with van der Waals surface area (Å²) in [6.07, 6.45) is 6.69. The lowest BCUT2D eigenvalue weighted by Crippen LogP contribution is -2.34. The number of rotatable bonds is 5. The van der Waals surface area contributed by atoms with Gasteiger partial charge in [-0.3, -0.25) is 4.79 Å². The number of hydrogen-bond donors (Lipinski definition) is 1. The minimum absolute atomic E-state index is 0.267. The highest BCUT2D eigenvalue weighted by molar-refractivity contribution is 6.02. The Morgan fingerprint density at radius 2 is 1.89 bits per heavy atom. The highest BCUT2D eigenvalue weighted by atomic mass is 16.3. The van der Waals surface area contributed by atoms with Crippen molar-refractivity contribution in [1.82, 2.24) is 4.98 Å². The number of nitrogens with zero attached hydrogens (tertiary/aromatic N) is 2. The van der Waals surface area contributed by atoms with Gasteiger partial charge in [0.05, 0.1) is 18.1 Å². The Bertz CT molecular complexity index is 852. The zero-order chi connectivity index (χ0) is 18.5. The van der Waals surface area contributed by atoms with Crippen LogP contribution < -0.4 is 10.2 Å². The monoisotopic (exact) mass is 361 g/mol. The second kappa shape index (κ2) is 8.08. The van der Waals surface area contributed by atoms with E-state index in [2.05, 4.69) is 45.5 Å². The Kier molecular flexibility index (Phi) is 5.19. The number of benzene rings is 1. The maximum Gasteiger partial charge on any atom is 0.291 e. The number of carbonyl (C=O) groups excluding carboxylic acids is 1. The third kappa shape index (κ3) is 4.37. The SMILES string of the molecule is O=C(Nc1ccc(N2CCC(Cc3ccccc3)CC2)nc1)c1ccco1. The third-order valence-corrected chi connectivity index (χ3v) is 5.06. The second-order valence-electron chi connectivity index (χ2n) is 6.96. The Labute approximate surface area is 159 Å². The fraction of sp³-hybridized carbons (Fsp3) is 0.273. The van der Waals surface area contributed by atoms with Gasteiger partial charge in [-0.1, -0.05) is 30.3 Å². The smallest absolute Gasteiger partial charge is 0.291 e. The third-order valence-electron chi connectivity index (χ3n) is 5.06. The van der Waals surface area contributed by atoms with Gasteiger partial charge in [-0.2, -0.15) is 0 Å². The molecule has 3 aromatic rings. The number of nitrogens with one attached hydrogen (secondary N) is 1. The molecule has 3 heterocycles. The minimum atomic E-state index is -0.267. The van der Waals surface area contributed by atoms with E-state index in [1.807, 2.05) is 12.1 Å². The summed E-state index contributed by atoms with van der Waals surface area (Å²) in [7, 11) is 0. The molecule has 5 heteroatoms. The number of piperidine rings is 1. The van der Waals surface area contributed by atoms with Crippen LogP contribution in [0.25, 0.3) is 0 Å². The first kappa shape index (κ1) is 17.3. The summed E-state index contributed by atoms with van der Waals surface area (Å²) in [4.78, 5) is 18.9. The highest BCUT2D eigenvalue weighted by Gasteiger charge is 2.20. The Hall–Kier alpha value is -3.08. The summed E-state index contributed by atoms with van der Waals surface area (Å²) < 4.78 is 5.10. The lowest BCUT2D eigenvalue weighted by molar-refractivity contribution is 0.0996. The van der Waals surface area contributed by atoms with Crippen molar-refractivity contribution in [2.45, 2.75) is 19.3 Å². The molecule has 1 aliphatic rings. The average Bonchev–Trinajstić information content (AvgIpc) is 3.25. The maximum atomic E-state index is 12.0. The zero-order valence-electron chi connectivity index (χ0n) is 15.2. The molecule has 1 fully saturated rings. The van der Waals surface area contributed by atoms with Crippen molar-refractivity contribution in [2.24, 2.45) is 5.92 Å². The number of furan rings is 1. The quantitative estimate of drug-likeness (QED) is 0.732. The Morgan fingerprint density at radius 1 is 1.07 bits per heavy atom. The predicted octanol–water partition coefficient (Wildman–Crippen LogP) is 4.39. The Morgan fingerprint density at radius 3 is 2.56 bits per heavy atom. The van der Waals surface area contributed by atoms with E-state index < -0.39 is 0 Å². The number of aromatic nitrogens is 1. The van der Waals surface area contributed by atoms with Crippen molar-refractivity contribution in [3.8, 4) is 0 Å². The van der Waals surface area contributed by atoms with Crippen LogP contribution >= 0.6 is 0 Å². The van der Waals surface area contributed by atoms with Crippen LogP contribution in [0.5, 0.6) is 0 Å². The largest absolute Gasteiger partial charge is 0.459 e. The van der Waals surface area contributed by atoms with Crippen molar-refractivity contribution in [3.63, 3.8) is 0 Å². The number of hydrogen-bond acceptors (Lipinski definition) is 4. The van der Waals surface area contributed by atoms with Crippen LogP contribution in [0.4, 0.5) is 11.5 Å². The van der Waals surface area contributed by atoms with Crippen molar-refractivity contribution >= 4 is 17.4 Å². The van der Waals surface area contributed by atoms with Crippen molar-refractivity contribution in [1.29, 1.82) is 0 Å². The maximum absolute atomic E-state index is 12.0. The number of anilines is 2. The molecule has 1 amide bonds. The normalized spacial score (nSPS) is 14.9. The molecule has 1 aromatic carbocycles. The Balaban J connectivity index is 1.30. The van der Waals surface area contributed by atoms with Gasteiger partial charge in [0.2, 0.25) is 0 Å². The van der Waals surface area contributed by atoms with Gasteiger partial charge < -0.3 is 14.6 Å². The first-order chi connectivity index (χ1) is 13.3. The zero-order valence-corrected chi connectivity index (χ0v) is 15.2. The van der Waals surface area contributed by atoms with E-state index in [0.717, 1.165) is 31.2 Å². The van der Waals surface area contributed by atoms with Gasteiger partial charge in [0.15, 0.2) is 5.76 Å². The van der Waals surface area contributed by atoms with Gasteiger partial charge in [0.1, 0.15) is 5.82 Å². The summed E-state index contributed by atoms with van der Waals surface area (Å²) in [5.74, 6) is 1.72. The van der Waals surface area contributed by atoms with Crippen LogP contribution in [-0.2, 0) is 6.42 Å². The molecular weight excluding hydrogens is 338 g/mol. The van der Waals surface area contributed by atoms with Crippen LogP contribution in [0.2, 0.25) is 0 Å². The average molecular weight is 361 g/mol. The van der Waals surface area contributed by atoms with Gasteiger partial charge >= 0.3 is 0 Å². The van der Waals surface area contributed by atoms with Crippen LogP contribution in [0.1, 0.15) is 29.0 Å². The predicted molar refractivity (Wildman–Crippen MR) is 106 cm³/mol. The van der Waals surface area contributed by atoms with E-state index in [4.69, 9.17) is 4.42 Å². The first-order valence-electron chi connectivity index (χ1n) is 9.38. The number of pyridine rings is 1. The summed E-state index contributed by atoms with van der Waals surface area (Å²) >= 11 is 0. The molecule has 138 valence electrons. The lowest BCUT2D eigenvalue weighted by atomic mass is 9.90. The molecule has 0 unspecified atom stereocenters. The number of amides is 1. The molecule has 4 rings (SSSR count). The van der Waals surface area contributed by atoms with Crippen LogP contribution in [0.3, 0.4) is 0 Å². The first-order valence-corrected chi connectivity index (χ1v) is 9.38. The van der Waals surface area contributed by atoms with E-state index in [-0.39, 0.29) is 5.91 Å². The van der Waals surface area contributed by atoms with Gasteiger partial charge in [-0.25, -0.2) is 4.98 Å². The van der Waals surface area contributed by atoms with E-state index in [1.54, 1.807) is 18.3 Å². The molecule has 0 saturated carbocycles. The van der Waals surface area contributed by atoms with E-state index in [1.165, 1.54) is 24.7 Å². The molecule has 0 aliphatic carbocycles.